The van der Waals surface area contributed by atoms with E-state index < -0.39 is 47.5 Å². The maximum absolute atomic E-state index is 13.2. The lowest BCUT2D eigenvalue weighted by Crippen LogP contribution is -2.56. The maximum Gasteiger partial charge on any atom is 0.311 e. The van der Waals surface area contributed by atoms with Crippen LogP contribution in [0.15, 0.2) is 0 Å². The van der Waals surface area contributed by atoms with Gasteiger partial charge in [-0.1, -0.05) is 27.7 Å². The molecule has 1 fully saturated rings. The zero-order chi connectivity index (χ0) is 26.4. The fourth-order valence-corrected chi connectivity index (χ4v) is 5.94. The van der Waals surface area contributed by atoms with E-state index in [-0.39, 0.29) is 17.9 Å². The SMILES string of the molecule is CCCN1C[C@H](C)[C@@H](O)[C@](C)(O)[C@@H](CC)OC(=O)[C@H](C)[C@@H](OC)[C@H](C)[C@@H](OC)[C@](C)(O)C[C@H]1C. The van der Waals surface area contributed by atoms with Crippen molar-refractivity contribution in [2.75, 3.05) is 27.3 Å². The number of aliphatic hydroxyl groups is 3. The number of hydrogen-bond acceptors (Lipinski definition) is 8. The van der Waals surface area contributed by atoms with Gasteiger partial charge in [0, 0.05) is 32.7 Å². The number of hydrogen-bond donors (Lipinski definition) is 3. The molecule has 0 amide bonds. The molecule has 1 saturated heterocycles. The highest BCUT2D eigenvalue weighted by atomic mass is 16.6. The zero-order valence-electron chi connectivity index (χ0n) is 23.1. The number of rotatable bonds is 5. The van der Waals surface area contributed by atoms with Gasteiger partial charge in [0.1, 0.15) is 11.7 Å². The number of aliphatic hydroxyl groups excluding tert-OH is 1. The Labute approximate surface area is 207 Å². The molecule has 1 aliphatic heterocycles. The van der Waals surface area contributed by atoms with Crippen molar-refractivity contribution in [1.29, 1.82) is 0 Å². The fraction of sp³-hybridized carbons (Fsp3) is 0.962. The molecule has 34 heavy (non-hydrogen) atoms. The number of ether oxygens (including phenoxy) is 3. The molecule has 0 aliphatic carbocycles. The van der Waals surface area contributed by atoms with Gasteiger partial charge >= 0.3 is 5.97 Å². The molecule has 1 heterocycles. The summed E-state index contributed by atoms with van der Waals surface area (Å²) in [5.74, 6) is -1.81. The molecule has 0 spiro atoms. The van der Waals surface area contributed by atoms with E-state index in [1.165, 1.54) is 14.0 Å². The molecule has 202 valence electrons. The minimum atomic E-state index is -1.63. The highest BCUT2D eigenvalue weighted by molar-refractivity contribution is 5.73. The zero-order valence-corrected chi connectivity index (χ0v) is 23.1. The quantitative estimate of drug-likeness (QED) is 0.506. The van der Waals surface area contributed by atoms with E-state index >= 15 is 0 Å². The van der Waals surface area contributed by atoms with Gasteiger partial charge in [0.15, 0.2) is 0 Å². The van der Waals surface area contributed by atoms with E-state index in [9.17, 15) is 20.1 Å². The first-order chi connectivity index (χ1) is 15.7. The van der Waals surface area contributed by atoms with Gasteiger partial charge in [-0.25, -0.2) is 0 Å². The molecule has 1 aliphatic rings. The monoisotopic (exact) mass is 489 g/mol. The summed E-state index contributed by atoms with van der Waals surface area (Å²) in [5.41, 5.74) is -2.82. The lowest BCUT2D eigenvalue weighted by Gasteiger charge is -2.43. The first-order valence-corrected chi connectivity index (χ1v) is 12.8. The Morgan fingerprint density at radius 1 is 1.09 bits per heavy atom. The molecular weight excluding hydrogens is 438 g/mol. The maximum atomic E-state index is 13.2. The van der Waals surface area contributed by atoms with Gasteiger partial charge in [-0.2, -0.15) is 0 Å². The molecule has 0 radical (unpaired) electrons. The molecule has 8 nitrogen and oxygen atoms in total. The smallest absolute Gasteiger partial charge is 0.311 e. The highest BCUT2D eigenvalue weighted by Gasteiger charge is 2.47. The van der Waals surface area contributed by atoms with Crippen molar-refractivity contribution in [1.82, 2.24) is 4.90 Å². The predicted octanol–water partition coefficient (Wildman–Crippen LogP) is 2.61. The summed E-state index contributed by atoms with van der Waals surface area (Å²) in [7, 11) is 3.10. The third-order valence-corrected chi connectivity index (χ3v) is 7.78. The predicted molar refractivity (Wildman–Crippen MR) is 132 cm³/mol. The Morgan fingerprint density at radius 2 is 1.68 bits per heavy atom. The lowest BCUT2D eigenvalue weighted by molar-refractivity contribution is -0.194. The third-order valence-electron chi connectivity index (χ3n) is 7.78. The van der Waals surface area contributed by atoms with Crippen LogP contribution < -0.4 is 0 Å². The third kappa shape index (κ3) is 7.14. The van der Waals surface area contributed by atoms with E-state index in [0.29, 0.717) is 19.4 Å². The molecule has 3 N–H and O–H groups in total. The van der Waals surface area contributed by atoms with Crippen molar-refractivity contribution in [3.63, 3.8) is 0 Å². The number of carbonyl (C=O) groups is 1. The van der Waals surface area contributed by atoms with Crippen molar-refractivity contribution >= 4 is 5.97 Å². The Hall–Kier alpha value is -0.770. The topological polar surface area (TPSA) is 109 Å². The molecule has 1 rings (SSSR count). The summed E-state index contributed by atoms with van der Waals surface area (Å²) in [6, 6.07) is -0.0113. The Bertz CT molecular complexity index is 626. The highest BCUT2D eigenvalue weighted by Crippen LogP contribution is 2.34. The average Bonchev–Trinajstić information content (AvgIpc) is 2.75. The van der Waals surface area contributed by atoms with Crippen molar-refractivity contribution in [2.45, 2.75) is 116 Å². The molecule has 0 aromatic carbocycles. The summed E-state index contributed by atoms with van der Waals surface area (Å²) in [4.78, 5) is 15.4. The van der Waals surface area contributed by atoms with Crippen LogP contribution >= 0.6 is 0 Å². The molecule has 0 aromatic heterocycles. The van der Waals surface area contributed by atoms with E-state index in [2.05, 4.69) is 18.7 Å². The van der Waals surface area contributed by atoms with Crippen LogP contribution in [0.4, 0.5) is 0 Å². The largest absolute Gasteiger partial charge is 0.459 e. The minimum absolute atomic E-state index is 0.0113. The number of cyclic esters (lactones) is 1. The van der Waals surface area contributed by atoms with Gasteiger partial charge in [0.2, 0.25) is 0 Å². The van der Waals surface area contributed by atoms with Gasteiger partial charge in [-0.05, 0) is 59.4 Å². The first-order valence-electron chi connectivity index (χ1n) is 12.8. The normalized spacial score (nSPS) is 44.2. The summed E-state index contributed by atoms with van der Waals surface area (Å²) in [5, 5.41) is 34.0. The van der Waals surface area contributed by atoms with Gasteiger partial charge < -0.3 is 34.4 Å². The van der Waals surface area contributed by atoms with Gasteiger partial charge in [-0.3, -0.25) is 4.79 Å². The molecule has 8 heteroatoms. The molecule has 0 aromatic rings. The van der Waals surface area contributed by atoms with E-state index in [0.717, 1.165) is 13.0 Å². The van der Waals surface area contributed by atoms with Crippen LogP contribution in [0.2, 0.25) is 0 Å². The first kappa shape index (κ1) is 31.3. The van der Waals surface area contributed by atoms with Crippen LogP contribution in [0.3, 0.4) is 0 Å². The molecule has 0 unspecified atom stereocenters. The minimum Gasteiger partial charge on any atom is -0.459 e. The van der Waals surface area contributed by atoms with Crippen molar-refractivity contribution < 1.29 is 34.3 Å². The van der Waals surface area contributed by atoms with Crippen LogP contribution in [0.5, 0.6) is 0 Å². The summed E-state index contributed by atoms with van der Waals surface area (Å²) < 4.78 is 17.3. The number of methoxy groups -OCH3 is 2. The van der Waals surface area contributed by atoms with Gasteiger partial charge in [0.05, 0.1) is 29.8 Å². The van der Waals surface area contributed by atoms with Crippen LogP contribution in [0, 0.1) is 17.8 Å². The molecule has 0 saturated carbocycles. The second-order valence-corrected chi connectivity index (χ2v) is 10.9. The second-order valence-electron chi connectivity index (χ2n) is 10.9. The summed E-state index contributed by atoms with van der Waals surface area (Å²) >= 11 is 0. The van der Waals surface area contributed by atoms with Crippen molar-refractivity contribution in [3.05, 3.63) is 0 Å². The Kier molecular flexibility index (Phi) is 11.9. The Balaban J connectivity index is 3.55. The molecule has 10 atom stereocenters. The van der Waals surface area contributed by atoms with Gasteiger partial charge in [0.25, 0.3) is 0 Å². The van der Waals surface area contributed by atoms with E-state index in [1.54, 1.807) is 21.0 Å². The number of nitrogens with zero attached hydrogens (tertiary/aromatic N) is 1. The van der Waals surface area contributed by atoms with Crippen LogP contribution in [0.1, 0.15) is 74.7 Å². The molecule has 0 bridgehead atoms. The number of carbonyl (C=O) groups excluding carboxylic acids is 1. The lowest BCUT2D eigenvalue weighted by atomic mass is 9.79. The van der Waals surface area contributed by atoms with E-state index in [4.69, 9.17) is 14.2 Å². The van der Waals surface area contributed by atoms with Crippen molar-refractivity contribution in [2.24, 2.45) is 17.8 Å². The fourth-order valence-electron chi connectivity index (χ4n) is 5.94. The van der Waals surface area contributed by atoms with Crippen LogP contribution in [0.25, 0.3) is 0 Å². The van der Waals surface area contributed by atoms with Crippen LogP contribution in [-0.4, -0.2) is 95.2 Å². The summed E-state index contributed by atoms with van der Waals surface area (Å²) in [6.45, 7) is 16.1. The summed E-state index contributed by atoms with van der Waals surface area (Å²) in [6.07, 6.45) is -1.46. The number of esters is 1. The standard InChI is InChI=1S/C26H51NO7/c1-11-13-27-15-16(3)22(28)26(8,31)20(12-2)34-24(29)19(6)21(32-9)18(5)23(33-10)25(7,30)14-17(27)4/h16-23,28,30-31H,11-15H2,1-10H3/t16-,17+,18-,19+,20+,21-,22+,23+,25+,26+/m0/s1. The average molecular weight is 490 g/mol. The molecular formula is C26H51NO7. The van der Waals surface area contributed by atoms with E-state index in [1.807, 2.05) is 20.8 Å². The van der Waals surface area contributed by atoms with Crippen LogP contribution in [-0.2, 0) is 19.0 Å². The Morgan fingerprint density at radius 3 is 2.15 bits per heavy atom. The van der Waals surface area contributed by atoms with Crippen molar-refractivity contribution in [3.8, 4) is 0 Å². The van der Waals surface area contributed by atoms with Gasteiger partial charge in [-0.15, -0.1) is 0 Å². The second kappa shape index (κ2) is 13.0.